The third-order valence-corrected chi connectivity index (χ3v) is 5.48. The first-order valence-corrected chi connectivity index (χ1v) is 9.11. The Labute approximate surface area is 172 Å². The normalized spacial score (nSPS) is 24.1. The predicted octanol–water partition coefficient (Wildman–Crippen LogP) is 4.09. The first kappa shape index (κ1) is 21.4. The molecule has 1 spiro atoms. The second-order valence-electron chi connectivity index (χ2n) is 7.34. The lowest BCUT2D eigenvalue weighted by Crippen LogP contribution is -2.47. The molecule has 2 aliphatic heterocycles. The lowest BCUT2D eigenvalue weighted by atomic mass is 9.96. The van der Waals surface area contributed by atoms with E-state index in [1.807, 2.05) is 6.07 Å². The molecule has 2 atom stereocenters. The average molecular weight is 428 g/mol. The van der Waals surface area contributed by atoms with Crippen LogP contribution >= 0.6 is 12.4 Å². The monoisotopic (exact) mass is 427 g/mol. The molecule has 4 rings (SSSR count). The molecule has 2 saturated heterocycles. The van der Waals surface area contributed by atoms with Crippen molar-refractivity contribution >= 4 is 18.3 Å². The van der Waals surface area contributed by atoms with Crippen LogP contribution in [0, 0.1) is 0 Å². The number of carbonyl (C=O) groups excluding carboxylic acids is 1. The van der Waals surface area contributed by atoms with Gasteiger partial charge in [0.1, 0.15) is 11.3 Å². The minimum Gasteiger partial charge on any atom is -0.406 e. The van der Waals surface area contributed by atoms with Crippen LogP contribution in [0.1, 0.15) is 31.0 Å². The van der Waals surface area contributed by atoms with Gasteiger partial charge < -0.3 is 9.64 Å². The van der Waals surface area contributed by atoms with E-state index in [0.29, 0.717) is 5.56 Å². The van der Waals surface area contributed by atoms with Crippen LogP contribution in [0.25, 0.3) is 11.1 Å². The van der Waals surface area contributed by atoms with Crippen molar-refractivity contribution in [3.63, 3.8) is 0 Å². The zero-order chi connectivity index (χ0) is 19.9. The molecule has 0 saturated carbocycles. The van der Waals surface area contributed by atoms with Gasteiger partial charge in [-0.05, 0) is 54.7 Å². The number of halogens is 4. The third-order valence-electron chi connectivity index (χ3n) is 5.48. The van der Waals surface area contributed by atoms with Crippen LogP contribution in [0.2, 0.25) is 0 Å². The zero-order valence-electron chi connectivity index (χ0n) is 15.7. The predicted molar refractivity (Wildman–Crippen MR) is 104 cm³/mol. The second kappa shape index (κ2) is 7.84. The number of ether oxygens (including phenoxy) is 1. The lowest BCUT2D eigenvalue weighted by molar-refractivity contribution is -0.274. The van der Waals surface area contributed by atoms with E-state index in [-0.39, 0.29) is 30.1 Å². The molecule has 0 unspecified atom stereocenters. The number of carbonyl (C=O) groups is 1. The van der Waals surface area contributed by atoms with Gasteiger partial charge in [-0.15, -0.1) is 25.6 Å². The molecule has 156 valence electrons. The number of nitrogens with one attached hydrogen (secondary N) is 1. The standard InChI is InChI=1S/C20H20F3N3O2.ClH/c1-26-10-8-19(18(26)27)7-5-16(25-19)17-12-14(6-9-24-17)13-3-2-4-15(11-13)28-20(21,22)23;/h2-4,6,9,11-12,16,25H,5,7-8,10H2,1H3;1H/t16-,19+;/m0./s1. The van der Waals surface area contributed by atoms with Crippen LogP contribution in [0.15, 0.2) is 42.6 Å². The zero-order valence-corrected chi connectivity index (χ0v) is 16.5. The Morgan fingerprint density at radius 2 is 1.97 bits per heavy atom. The number of nitrogens with zero attached hydrogens (tertiary/aromatic N) is 2. The quantitative estimate of drug-likeness (QED) is 0.801. The highest BCUT2D eigenvalue weighted by molar-refractivity contribution is 5.88. The summed E-state index contributed by atoms with van der Waals surface area (Å²) in [5.41, 5.74) is 1.61. The summed E-state index contributed by atoms with van der Waals surface area (Å²) in [5.74, 6) is -0.149. The molecule has 1 aromatic carbocycles. The molecule has 2 aromatic rings. The largest absolute Gasteiger partial charge is 0.573 e. The van der Waals surface area contributed by atoms with Crippen molar-refractivity contribution in [2.24, 2.45) is 0 Å². The summed E-state index contributed by atoms with van der Waals surface area (Å²) in [5, 5.41) is 3.46. The van der Waals surface area contributed by atoms with E-state index >= 15 is 0 Å². The van der Waals surface area contributed by atoms with E-state index in [1.165, 1.54) is 18.2 Å². The van der Waals surface area contributed by atoms with Gasteiger partial charge in [0, 0.05) is 19.8 Å². The Morgan fingerprint density at radius 3 is 2.66 bits per heavy atom. The molecule has 2 fully saturated rings. The number of aromatic nitrogens is 1. The average Bonchev–Trinajstić information content (AvgIpc) is 3.21. The summed E-state index contributed by atoms with van der Waals surface area (Å²) < 4.78 is 41.4. The first-order chi connectivity index (χ1) is 13.3. The lowest BCUT2D eigenvalue weighted by Gasteiger charge is -2.23. The Balaban J connectivity index is 0.00000240. The fraction of sp³-hybridized carbons (Fsp3) is 0.400. The van der Waals surface area contributed by atoms with E-state index in [4.69, 9.17) is 0 Å². The summed E-state index contributed by atoms with van der Waals surface area (Å²) in [6.07, 6.45) is -0.785. The van der Waals surface area contributed by atoms with Crippen molar-refractivity contribution in [3.8, 4) is 16.9 Å². The number of amides is 1. The van der Waals surface area contributed by atoms with Crippen LogP contribution in [0.4, 0.5) is 13.2 Å². The van der Waals surface area contributed by atoms with Crippen LogP contribution in [0.3, 0.4) is 0 Å². The van der Waals surface area contributed by atoms with Crippen molar-refractivity contribution in [2.75, 3.05) is 13.6 Å². The van der Waals surface area contributed by atoms with E-state index in [2.05, 4.69) is 15.0 Å². The Hall–Kier alpha value is -2.32. The van der Waals surface area contributed by atoms with Crippen LogP contribution in [-0.2, 0) is 4.79 Å². The maximum Gasteiger partial charge on any atom is 0.573 e. The van der Waals surface area contributed by atoms with E-state index in [9.17, 15) is 18.0 Å². The minimum atomic E-state index is -4.73. The topological polar surface area (TPSA) is 54.5 Å². The number of alkyl halides is 3. The summed E-state index contributed by atoms with van der Waals surface area (Å²) >= 11 is 0. The molecule has 3 heterocycles. The Bertz CT molecular complexity index is 909. The van der Waals surface area contributed by atoms with Gasteiger partial charge in [0.2, 0.25) is 5.91 Å². The third kappa shape index (κ3) is 4.33. The highest BCUT2D eigenvalue weighted by atomic mass is 35.5. The van der Waals surface area contributed by atoms with Gasteiger partial charge in [-0.1, -0.05) is 12.1 Å². The van der Waals surface area contributed by atoms with Gasteiger partial charge in [0.05, 0.1) is 11.7 Å². The summed E-state index contributed by atoms with van der Waals surface area (Å²) in [4.78, 5) is 18.7. The molecule has 5 nitrogen and oxygen atoms in total. The van der Waals surface area contributed by atoms with Gasteiger partial charge in [0.25, 0.3) is 0 Å². The van der Waals surface area contributed by atoms with Gasteiger partial charge >= 0.3 is 6.36 Å². The van der Waals surface area contributed by atoms with Crippen molar-refractivity contribution in [1.82, 2.24) is 15.2 Å². The van der Waals surface area contributed by atoms with Gasteiger partial charge in [0.15, 0.2) is 0 Å². The number of hydrogen-bond donors (Lipinski definition) is 1. The molecule has 9 heteroatoms. The highest BCUT2D eigenvalue weighted by Crippen LogP contribution is 2.39. The second-order valence-corrected chi connectivity index (χ2v) is 7.34. The first-order valence-electron chi connectivity index (χ1n) is 9.11. The number of pyridine rings is 1. The van der Waals surface area contributed by atoms with E-state index in [0.717, 1.165) is 37.1 Å². The molecule has 29 heavy (non-hydrogen) atoms. The van der Waals surface area contributed by atoms with Crippen LogP contribution in [-0.4, -0.2) is 41.3 Å². The van der Waals surface area contributed by atoms with Crippen molar-refractivity contribution in [2.45, 2.75) is 37.2 Å². The maximum atomic E-state index is 12.5. The van der Waals surface area contributed by atoms with Crippen LogP contribution in [0.5, 0.6) is 5.75 Å². The number of rotatable bonds is 3. The van der Waals surface area contributed by atoms with Gasteiger partial charge in [-0.3, -0.25) is 15.1 Å². The van der Waals surface area contributed by atoms with Gasteiger partial charge in [-0.25, -0.2) is 0 Å². The summed E-state index contributed by atoms with van der Waals surface area (Å²) in [7, 11) is 1.81. The highest BCUT2D eigenvalue weighted by Gasteiger charge is 2.50. The maximum absolute atomic E-state index is 12.5. The number of benzene rings is 1. The summed E-state index contributed by atoms with van der Waals surface area (Å²) in [6, 6.07) is 9.40. The molecule has 0 radical (unpaired) electrons. The van der Waals surface area contributed by atoms with Crippen LogP contribution < -0.4 is 10.1 Å². The minimum absolute atomic E-state index is 0. The molecule has 0 bridgehead atoms. The van der Waals surface area contributed by atoms with Gasteiger partial charge in [-0.2, -0.15) is 0 Å². The van der Waals surface area contributed by atoms with Crippen molar-refractivity contribution < 1.29 is 22.7 Å². The van der Waals surface area contributed by atoms with E-state index in [1.54, 1.807) is 30.3 Å². The molecule has 0 aliphatic carbocycles. The smallest absolute Gasteiger partial charge is 0.406 e. The number of likely N-dealkylation sites (N-methyl/N-ethyl adjacent to an activating group) is 1. The molecule has 1 aromatic heterocycles. The van der Waals surface area contributed by atoms with Crippen molar-refractivity contribution in [1.29, 1.82) is 0 Å². The Kier molecular flexibility index (Phi) is 5.78. The molecular weight excluding hydrogens is 407 g/mol. The molecule has 2 aliphatic rings. The number of hydrogen-bond acceptors (Lipinski definition) is 4. The molecule has 1 N–H and O–H groups in total. The SMILES string of the molecule is CN1CC[C@]2(CC[C@@H](c3cc(-c4cccc(OC(F)(F)F)c4)ccn3)N2)C1=O.Cl. The fourth-order valence-corrected chi connectivity index (χ4v) is 4.08. The van der Waals surface area contributed by atoms with Crippen molar-refractivity contribution in [3.05, 3.63) is 48.3 Å². The summed E-state index contributed by atoms with van der Waals surface area (Å²) in [6.45, 7) is 0.734. The van der Waals surface area contributed by atoms with E-state index < -0.39 is 11.9 Å². The Morgan fingerprint density at radius 1 is 1.21 bits per heavy atom. The molecular formula is C20H21ClF3N3O2. The number of likely N-dealkylation sites (tertiary alicyclic amines) is 1. The molecule has 1 amide bonds. The fourth-order valence-electron chi connectivity index (χ4n) is 4.08.